The molecule has 1 aromatic heterocycles. The number of hydrogen-bond acceptors (Lipinski definition) is 6. The molecule has 2 aromatic rings. The zero-order valence-electron chi connectivity index (χ0n) is 17.4. The first-order chi connectivity index (χ1) is 14.1. The second kappa shape index (κ2) is 8.37. The Labute approximate surface area is 171 Å². The molecule has 1 fully saturated rings. The largest absolute Gasteiger partial charge is 0.493 e. The maximum Gasteiger partial charge on any atom is 0.257 e. The Hall–Kier alpha value is -2.67. The summed E-state index contributed by atoms with van der Waals surface area (Å²) in [6, 6.07) is 5.41. The van der Waals surface area contributed by atoms with Gasteiger partial charge in [0.1, 0.15) is 5.82 Å². The summed E-state index contributed by atoms with van der Waals surface area (Å²) in [5.41, 5.74) is 2.90. The van der Waals surface area contributed by atoms with Crippen LogP contribution in [0.3, 0.4) is 0 Å². The monoisotopic (exact) mass is 396 g/mol. The van der Waals surface area contributed by atoms with Gasteiger partial charge in [-0.15, -0.1) is 0 Å². The van der Waals surface area contributed by atoms with Crippen molar-refractivity contribution in [2.24, 2.45) is 0 Å². The molecule has 0 N–H and O–H groups in total. The molecule has 0 spiro atoms. The van der Waals surface area contributed by atoms with Crippen LogP contribution >= 0.6 is 0 Å². The Kier molecular flexibility index (Phi) is 5.67. The molecule has 4 rings (SSSR count). The molecule has 0 saturated carbocycles. The van der Waals surface area contributed by atoms with Crippen molar-refractivity contribution < 1.29 is 14.3 Å². The highest BCUT2D eigenvalue weighted by Gasteiger charge is 2.30. The van der Waals surface area contributed by atoms with E-state index >= 15 is 0 Å². The maximum atomic E-state index is 13.2. The van der Waals surface area contributed by atoms with Crippen molar-refractivity contribution in [3.8, 4) is 11.5 Å². The van der Waals surface area contributed by atoms with Gasteiger partial charge < -0.3 is 19.3 Å². The third kappa shape index (κ3) is 3.92. The molecule has 1 atom stereocenters. The smallest absolute Gasteiger partial charge is 0.257 e. The fraction of sp³-hybridized carbons (Fsp3) is 0.500. The Bertz CT molecular complexity index is 902. The van der Waals surface area contributed by atoms with Crippen molar-refractivity contribution in [1.82, 2.24) is 19.8 Å². The van der Waals surface area contributed by atoms with Crippen molar-refractivity contribution in [3.05, 3.63) is 47.0 Å². The van der Waals surface area contributed by atoms with Gasteiger partial charge >= 0.3 is 0 Å². The highest BCUT2D eigenvalue weighted by atomic mass is 16.5. The Morgan fingerprint density at radius 3 is 2.86 bits per heavy atom. The number of amides is 1. The second-order valence-corrected chi connectivity index (χ2v) is 7.82. The summed E-state index contributed by atoms with van der Waals surface area (Å²) >= 11 is 0. The third-order valence-corrected chi connectivity index (χ3v) is 5.85. The second-order valence-electron chi connectivity index (χ2n) is 7.82. The summed E-state index contributed by atoms with van der Waals surface area (Å²) in [7, 11) is 5.26. The summed E-state index contributed by atoms with van der Waals surface area (Å²) < 4.78 is 10.8. The highest BCUT2D eigenvalue weighted by Crippen LogP contribution is 2.33. The van der Waals surface area contributed by atoms with Gasteiger partial charge in [-0.1, -0.05) is 6.07 Å². The van der Waals surface area contributed by atoms with Gasteiger partial charge in [-0.05, 0) is 32.0 Å². The summed E-state index contributed by atoms with van der Waals surface area (Å²) in [6.45, 7) is 3.28. The van der Waals surface area contributed by atoms with Crippen LogP contribution in [-0.4, -0.2) is 66.6 Å². The molecule has 7 heteroatoms. The molecule has 7 nitrogen and oxygen atoms in total. The van der Waals surface area contributed by atoms with E-state index in [1.165, 1.54) is 5.56 Å². The number of hydrogen-bond donors (Lipinski definition) is 0. The number of methoxy groups -OCH3 is 2. The number of carbonyl (C=O) groups excluding carboxylic acids is 1. The van der Waals surface area contributed by atoms with E-state index in [4.69, 9.17) is 14.5 Å². The summed E-state index contributed by atoms with van der Waals surface area (Å²) in [6.07, 6.45) is 4.86. The molecule has 3 heterocycles. The average Bonchev–Trinajstić information content (AvgIpc) is 2.77. The number of ether oxygens (including phenoxy) is 2. The Morgan fingerprint density at radius 1 is 1.21 bits per heavy atom. The minimum atomic E-state index is -0.0370. The lowest BCUT2D eigenvalue weighted by Gasteiger charge is -2.33. The first-order valence-electron chi connectivity index (χ1n) is 10.1. The third-order valence-electron chi connectivity index (χ3n) is 5.85. The lowest BCUT2D eigenvalue weighted by Crippen LogP contribution is -2.40. The lowest BCUT2D eigenvalue weighted by atomic mass is 9.95. The Balaban J connectivity index is 1.54. The fourth-order valence-corrected chi connectivity index (χ4v) is 4.27. The number of aromatic nitrogens is 2. The van der Waals surface area contributed by atoms with Gasteiger partial charge in [0.05, 0.1) is 19.8 Å². The van der Waals surface area contributed by atoms with E-state index < -0.39 is 0 Å². The molecule has 1 amide bonds. The van der Waals surface area contributed by atoms with Crippen LogP contribution in [0.4, 0.5) is 0 Å². The van der Waals surface area contributed by atoms with E-state index in [1.54, 1.807) is 26.4 Å². The van der Waals surface area contributed by atoms with Crippen molar-refractivity contribution in [2.75, 3.05) is 40.9 Å². The normalized spacial score (nSPS) is 19.6. The zero-order valence-corrected chi connectivity index (χ0v) is 17.4. The molecule has 2 aliphatic rings. The predicted octanol–water partition coefficient (Wildman–Crippen LogP) is 2.50. The van der Waals surface area contributed by atoms with Crippen LogP contribution in [0.1, 0.15) is 46.2 Å². The average molecular weight is 396 g/mol. The zero-order chi connectivity index (χ0) is 20.4. The number of benzene rings is 1. The predicted molar refractivity (Wildman–Crippen MR) is 109 cm³/mol. The fourth-order valence-electron chi connectivity index (χ4n) is 4.27. The molecular formula is C22H28N4O3. The number of likely N-dealkylation sites (N-methyl/N-ethyl adjacent to an activating group) is 1. The number of likely N-dealkylation sites (tertiary alicyclic amines) is 1. The van der Waals surface area contributed by atoms with Gasteiger partial charge in [0.25, 0.3) is 5.91 Å². The van der Waals surface area contributed by atoms with Gasteiger partial charge in [-0.2, -0.15) is 0 Å². The van der Waals surface area contributed by atoms with Crippen LogP contribution in [0, 0.1) is 0 Å². The molecule has 0 radical (unpaired) electrons. The number of fused-ring (bicyclic) bond motifs is 1. The number of para-hydroxylation sites is 1. The minimum Gasteiger partial charge on any atom is -0.493 e. The molecule has 1 saturated heterocycles. The topological polar surface area (TPSA) is 67.8 Å². The van der Waals surface area contributed by atoms with E-state index in [-0.39, 0.29) is 11.8 Å². The van der Waals surface area contributed by atoms with Crippen molar-refractivity contribution in [3.63, 3.8) is 0 Å². The highest BCUT2D eigenvalue weighted by molar-refractivity contribution is 5.98. The van der Waals surface area contributed by atoms with Gasteiger partial charge in [0.15, 0.2) is 11.5 Å². The molecule has 0 bridgehead atoms. The summed E-state index contributed by atoms with van der Waals surface area (Å²) in [4.78, 5) is 26.9. The quantitative estimate of drug-likeness (QED) is 0.791. The van der Waals surface area contributed by atoms with Gasteiger partial charge in [0, 0.05) is 56.0 Å². The lowest BCUT2D eigenvalue weighted by molar-refractivity contribution is 0.0700. The van der Waals surface area contributed by atoms with Crippen LogP contribution in [0.5, 0.6) is 11.5 Å². The van der Waals surface area contributed by atoms with E-state index in [0.29, 0.717) is 23.6 Å². The first kappa shape index (κ1) is 19.6. The summed E-state index contributed by atoms with van der Waals surface area (Å²) in [5, 5.41) is 0. The van der Waals surface area contributed by atoms with Crippen LogP contribution in [-0.2, 0) is 13.0 Å². The van der Waals surface area contributed by atoms with Crippen LogP contribution in [0.2, 0.25) is 0 Å². The Morgan fingerprint density at radius 2 is 2.07 bits per heavy atom. The van der Waals surface area contributed by atoms with Crippen LogP contribution < -0.4 is 9.47 Å². The van der Waals surface area contributed by atoms with E-state index in [9.17, 15) is 4.79 Å². The molecule has 2 aliphatic heterocycles. The number of piperidine rings is 1. The molecule has 29 heavy (non-hydrogen) atoms. The molecule has 1 aromatic carbocycles. The standard InChI is InChI=1S/C22H28N4O3/c1-25-11-9-18-16(13-25)12-23-21(24-18)15-6-5-10-26(14-15)22(27)17-7-4-8-19(28-2)20(17)29-3/h4,7-8,12,15H,5-6,9-11,13-14H2,1-3H3. The van der Waals surface area contributed by atoms with Crippen molar-refractivity contribution in [2.45, 2.75) is 31.7 Å². The maximum absolute atomic E-state index is 13.2. The minimum absolute atomic E-state index is 0.0370. The van der Waals surface area contributed by atoms with Gasteiger partial charge in [-0.3, -0.25) is 4.79 Å². The van der Waals surface area contributed by atoms with Crippen molar-refractivity contribution in [1.29, 1.82) is 0 Å². The number of rotatable bonds is 4. The van der Waals surface area contributed by atoms with Crippen LogP contribution in [0.25, 0.3) is 0 Å². The molecule has 1 unspecified atom stereocenters. The van der Waals surface area contributed by atoms with Crippen molar-refractivity contribution >= 4 is 5.91 Å². The number of carbonyl (C=O) groups is 1. The summed E-state index contributed by atoms with van der Waals surface area (Å²) in [5.74, 6) is 2.04. The van der Waals surface area contributed by atoms with E-state index in [1.807, 2.05) is 17.2 Å². The SMILES string of the molecule is COc1cccc(C(=O)N2CCCC(c3ncc4c(n3)CCN(C)C4)C2)c1OC. The first-order valence-corrected chi connectivity index (χ1v) is 10.1. The van der Waals surface area contributed by atoms with E-state index in [2.05, 4.69) is 16.9 Å². The van der Waals surface area contributed by atoms with E-state index in [0.717, 1.165) is 50.4 Å². The molecular weight excluding hydrogens is 368 g/mol. The van der Waals surface area contributed by atoms with Crippen LogP contribution in [0.15, 0.2) is 24.4 Å². The molecule has 0 aliphatic carbocycles. The van der Waals surface area contributed by atoms with Gasteiger partial charge in [-0.25, -0.2) is 9.97 Å². The molecule has 154 valence electrons. The number of nitrogens with zero attached hydrogens (tertiary/aromatic N) is 4. The van der Waals surface area contributed by atoms with Gasteiger partial charge in [0.2, 0.25) is 0 Å².